The summed E-state index contributed by atoms with van der Waals surface area (Å²) in [6, 6.07) is 0. The fraction of sp³-hybridized carbons (Fsp3) is 0.857. The zero-order chi connectivity index (χ0) is 11.0. The van der Waals surface area contributed by atoms with Crippen LogP contribution in [0.5, 0.6) is 0 Å². The van der Waals surface area contributed by atoms with Crippen LogP contribution in [0.1, 0.15) is 19.8 Å². The van der Waals surface area contributed by atoms with E-state index in [2.05, 4.69) is 25.4 Å². The number of carbonyl (C=O) groups is 1. The third-order valence-electron chi connectivity index (χ3n) is 1.33. The van der Waals surface area contributed by atoms with Gasteiger partial charge in [0.05, 0.1) is 6.61 Å². The van der Waals surface area contributed by atoms with Crippen molar-refractivity contribution in [2.45, 2.75) is 19.8 Å². The highest BCUT2D eigenvalue weighted by Gasteiger charge is 2.07. The number of hydrogen-bond acceptors (Lipinski definition) is 4. The first-order valence-corrected chi connectivity index (χ1v) is 6.98. The maximum absolute atomic E-state index is 10.9. The van der Waals surface area contributed by atoms with Gasteiger partial charge in [-0.3, -0.25) is 4.79 Å². The van der Waals surface area contributed by atoms with Crippen molar-refractivity contribution < 1.29 is 17.9 Å². The summed E-state index contributed by atoms with van der Waals surface area (Å²) in [6.45, 7) is 2.34. The first-order chi connectivity index (χ1) is 6.52. The van der Waals surface area contributed by atoms with Gasteiger partial charge in [-0.25, -0.2) is 13.1 Å². The van der Waals surface area contributed by atoms with Gasteiger partial charge in [-0.1, -0.05) is 15.9 Å². The molecule has 0 atom stereocenters. The molecular weight excluding hydrogens is 274 g/mol. The van der Waals surface area contributed by atoms with E-state index in [4.69, 9.17) is 0 Å². The predicted octanol–water partition coefficient (Wildman–Crippen LogP) is 0.602. The lowest BCUT2D eigenvalue weighted by atomic mass is 10.3. The van der Waals surface area contributed by atoms with Gasteiger partial charge in [0.25, 0.3) is 0 Å². The van der Waals surface area contributed by atoms with Crippen molar-refractivity contribution in [2.75, 3.05) is 17.8 Å². The summed E-state index contributed by atoms with van der Waals surface area (Å²) in [6.07, 6.45) is 0.684. The summed E-state index contributed by atoms with van der Waals surface area (Å²) in [7, 11) is -3.22. The van der Waals surface area contributed by atoms with E-state index in [0.717, 1.165) is 0 Å². The Morgan fingerprint density at radius 3 is 2.64 bits per heavy atom. The van der Waals surface area contributed by atoms with Crippen LogP contribution in [0.4, 0.5) is 0 Å². The molecule has 0 aromatic rings. The molecule has 0 heterocycles. The molecule has 0 radical (unpaired) electrons. The second-order valence-corrected chi connectivity index (χ2v) is 5.64. The molecule has 14 heavy (non-hydrogen) atoms. The van der Waals surface area contributed by atoms with Gasteiger partial charge in [0.2, 0.25) is 10.0 Å². The van der Waals surface area contributed by atoms with Crippen LogP contribution in [-0.4, -0.2) is 32.2 Å². The number of alkyl halides is 1. The number of rotatable bonds is 7. The lowest BCUT2D eigenvalue weighted by Gasteiger charge is -2.03. The number of esters is 1. The number of nitrogens with one attached hydrogen (secondary N) is 1. The molecule has 0 aliphatic carbocycles. The van der Waals surface area contributed by atoms with Crippen molar-refractivity contribution in [3.63, 3.8) is 0 Å². The molecule has 7 heteroatoms. The van der Waals surface area contributed by atoms with E-state index in [0.29, 0.717) is 13.0 Å². The molecule has 0 aromatic heterocycles. The zero-order valence-electron chi connectivity index (χ0n) is 7.95. The van der Waals surface area contributed by atoms with E-state index in [1.165, 1.54) is 0 Å². The van der Waals surface area contributed by atoms with Crippen molar-refractivity contribution in [2.24, 2.45) is 0 Å². The molecular formula is C7H14BrNO4S. The normalized spacial score (nSPS) is 11.3. The van der Waals surface area contributed by atoms with Crippen LogP contribution in [0.2, 0.25) is 0 Å². The molecule has 0 rings (SSSR count). The van der Waals surface area contributed by atoms with Crippen LogP contribution in [0.3, 0.4) is 0 Å². The summed E-state index contributed by atoms with van der Waals surface area (Å²) < 4.78 is 28.7. The van der Waals surface area contributed by atoms with Crippen LogP contribution < -0.4 is 4.72 Å². The van der Waals surface area contributed by atoms with Gasteiger partial charge >= 0.3 is 5.97 Å². The van der Waals surface area contributed by atoms with E-state index in [9.17, 15) is 13.2 Å². The molecule has 0 saturated carbocycles. The van der Waals surface area contributed by atoms with Crippen LogP contribution in [0, 0.1) is 0 Å². The summed E-state index contributed by atoms with van der Waals surface area (Å²) in [5.74, 6) is -0.300. The molecule has 0 aliphatic heterocycles. The Kier molecular flexibility index (Phi) is 7.12. The lowest BCUT2D eigenvalue weighted by molar-refractivity contribution is -0.143. The van der Waals surface area contributed by atoms with Gasteiger partial charge in [-0.05, 0) is 13.3 Å². The number of halogens is 1. The van der Waals surface area contributed by atoms with Crippen molar-refractivity contribution in [3.05, 3.63) is 0 Å². The third-order valence-corrected chi connectivity index (χ3v) is 4.07. The monoisotopic (exact) mass is 287 g/mol. The lowest BCUT2D eigenvalue weighted by Crippen LogP contribution is -2.25. The maximum Gasteiger partial charge on any atom is 0.305 e. The van der Waals surface area contributed by atoms with Crippen LogP contribution in [0.15, 0.2) is 0 Å². The second-order valence-electron chi connectivity index (χ2n) is 2.53. The van der Waals surface area contributed by atoms with Gasteiger partial charge in [0, 0.05) is 13.0 Å². The van der Waals surface area contributed by atoms with Crippen molar-refractivity contribution in [1.82, 2.24) is 4.72 Å². The molecule has 84 valence electrons. The highest BCUT2D eigenvalue weighted by Crippen LogP contribution is 1.94. The van der Waals surface area contributed by atoms with Gasteiger partial charge in [0.1, 0.15) is 4.66 Å². The molecule has 0 saturated heterocycles. The number of carbonyl (C=O) groups excluding carboxylic acids is 1. The molecule has 0 bridgehead atoms. The van der Waals surface area contributed by atoms with Crippen molar-refractivity contribution >= 4 is 31.9 Å². The molecule has 0 unspecified atom stereocenters. The van der Waals surface area contributed by atoms with E-state index in [-0.39, 0.29) is 23.6 Å². The molecule has 0 fully saturated rings. The van der Waals surface area contributed by atoms with E-state index in [1.54, 1.807) is 6.92 Å². The number of hydrogen-bond donors (Lipinski definition) is 1. The highest BCUT2D eigenvalue weighted by molar-refractivity contribution is 9.10. The first-order valence-electron chi connectivity index (χ1n) is 4.20. The zero-order valence-corrected chi connectivity index (χ0v) is 10.4. The average Bonchev–Trinajstić information content (AvgIpc) is 2.13. The van der Waals surface area contributed by atoms with E-state index in [1.807, 2.05) is 0 Å². The summed E-state index contributed by atoms with van der Waals surface area (Å²) in [5.41, 5.74) is 0. The minimum atomic E-state index is -3.22. The fourth-order valence-corrected chi connectivity index (χ4v) is 1.75. The van der Waals surface area contributed by atoms with Gasteiger partial charge in [-0.15, -0.1) is 0 Å². The van der Waals surface area contributed by atoms with Crippen LogP contribution >= 0.6 is 15.9 Å². The molecule has 1 N–H and O–H groups in total. The Labute approximate surface area is 92.4 Å². The van der Waals surface area contributed by atoms with Crippen LogP contribution in [-0.2, 0) is 19.6 Å². The maximum atomic E-state index is 10.9. The van der Waals surface area contributed by atoms with Crippen LogP contribution in [0.25, 0.3) is 0 Å². The van der Waals surface area contributed by atoms with Gasteiger partial charge in [0.15, 0.2) is 0 Å². The van der Waals surface area contributed by atoms with Gasteiger partial charge in [-0.2, -0.15) is 0 Å². The van der Waals surface area contributed by atoms with Crippen molar-refractivity contribution in [3.8, 4) is 0 Å². The Morgan fingerprint density at radius 1 is 1.50 bits per heavy atom. The fourth-order valence-electron chi connectivity index (χ4n) is 0.732. The number of ether oxygens (including phenoxy) is 1. The SMILES string of the molecule is CCOC(=O)CCCNS(=O)(=O)CBr. The number of sulfonamides is 1. The average molecular weight is 288 g/mol. The van der Waals surface area contributed by atoms with Crippen molar-refractivity contribution in [1.29, 1.82) is 0 Å². The summed E-state index contributed by atoms with van der Waals surface area (Å²) in [4.78, 5) is 10.8. The Morgan fingerprint density at radius 2 is 2.14 bits per heavy atom. The molecule has 5 nitrogen and oxygen atoms in total. The summed E-state index contributed by atoms with van der Waals surface area (Å²) in [5, 5.41) is 0. The minimum absolute atomic E-state index is 0.126. The third kappa shape index (κ3) is 7.28. The predicted molar refractivity (Wildman–Crippen MR) is 56.6 cm³/mol. The molecule has 0 spiro atoms. The standard InChI is InChI=1S/C7H14BrNO4S/c1-2-13-7(10)4-3-5-9-14(11,12)6-8/h9H,2-6H2,1H3. The first kappa shape index (κ1) is 13.9. The molecule has 0 aliphatic rings. The summed E-state index contributed by atoms with van der Waals surface area (Å²) >= 11 is 2.83. The topological polar surface area (TPSA) is 72.5 Å². The molecule has 0 amide bonds. The Hall–Kier alpha value is -0.140. The largest absolute Gasteiger partial charge is 0.466 e. The second kappa shape index (κ2) is 7.19. The Balaban J connectivity index is 3.52. The van der Waals surface area contributed by atoms with Gasteiger partial charge < -0.3 is 4.74 Å². The quantitative estimate of drug-likeness (QED) is 0.423. The molecule has 0 aromatic carbocycles. The Bertz CT molecular complexity index is 265. The highest BCUT2D eigenvalue weighted by atomic mass is 79.9. The minimum Gasteiger partial charge on any atom is -0.466 e. The smallest absolute Gasteiger partial charge is 0.305 e. The van der Waals surface area contributed by atoms with E-state index < -0.39 is 10.0 Å². The van der Waals surface area contributed by atoms with E-state index >= 15 is 0 Å².